The Kier molecular flexibility index (Phi) is 17.5. The molecule has 0 saturated heterocycles. The molecular formula is C138H104. The van der Waals surface area contributed by atoms with Crippen molar-refractivity contribution < 1.29 is 0 Å². The monoisotopic (exact) mass is 1760 g/mol. The van der Waals surface area contributed by atoms with Gasteiger partial charge in [-0.2, -0.15) is 0 Å². The third-order valence-electron chi connectivity index (χ3n) is 33.7. The maximum atomic E-state index is 2.52. The van der Waals surface area contributed by atoms with Gasteiger partial charge in [0.2, 0.25) is 0 Å². The lowest BCUT2D eigenvalue weighted by Gasteiger charge is -2.24. The minimum absolute atomic E-state index is 0.0822. The van der Waals surface area contributed by atoms with Crippen LogP contribution in [-0.2, 0) is 32.5 Å². The van der Waals surface area contributed by atoms with Gasteiger partial charge in [-0.15, -0.1) is 0 Å². The summed E-state index contributed by atoms with van der Waals surface area (Å²) < 4.78 is 0. The normalized spacial score (nSPS) is 15.2. The average molecular weight is 1760 g/mol. The van der Waals surface area contributed by atoms with Crippen LogP contribution in [0.5, 0.6) is 0 Å². The van der Waals surface area contributed by atoms with E-state index in [1.54, 1.807) is 0 Å². The zero-order valence-electron chi connectivity index (χ0n) is 80.3. The highest BCUT2D eigenvalue weighted by atomic mass is 14.5. The van der Waals surface area contributed by atoms with Crippen LogP contribution in [0, 0.1) is 0 Å². The molecule has 0 heteroatoms. The molecule has 0 bridgehead atoms. The highest BCUT2D eigenvalue weighted by Crippen LogP contribution is 2.61. The third-order valence-corrected chi connectivity index (χ3v) is 33.7. The average Bonchev–Trinajstić information content (AvgIpc) is 1.35. The van der Waals surface area contributed by atoms with Gasteiger partial charge >= 0.3 is 0 Å². The van der Waals surface area contributed by atoms with Crippen molar-refractivity contribution in [3.63, 3.8) is 0 Å². The molecular weight excluding hydrogens is 1660 g/mol. The number of benzene rings is 22. The van der Waals surface area contributed by atoms with Crippen LogP contribution in [0.3, 0.4) is 0 Å². The summed E-state index contributed by atoms with van der Waals surface area (Å²) in [4.78, 5) is 0. The molecule has 0 aromatic heterocycles. The predicted molar refractivity (Wildman–Crippen MR) is 587 cm³/mol. The Balaban J connectivity index is 0.000000139. The van der Waals surface area contributed by atoms with Crippen molar-refractivity contribution in [2.45, 2.75) is 116 Å². The molecule has 28 rings (SSSR count). The van der Waals surface area contributed by atoms with E-state index in [1.165, 1.54) is 287 Å². The molecule has 0 atom stereocenters. The molecule has 138 heavy (non-hydrogen) atoms. The van der Waals surface area contributed by atoms with E-state index in [4.69, 9.17) is 0 Å². The topological polar surface area (TPSA) is 0 Å². The molecule has 22 aromatic rings. The maximum absolute atomic E-state index is 2.52. The van der Waals surface area contributed by atoms with Crippen molar-refractivity contribution in [2.24, 2.45) is 0 Å². The van der Waals surface area contributed by atoms with Crippen LogP contribution >= 0.6 is 0 Å². The van der Waals surface area contributed by atoms with Gasteiger partial charge in [-0.05, 0) is 354 Å². The van der Waals surface area contributed by atoms with E-state index in [0.717, 1.165) is 0 Å². The molecule has 0 radical (unpaired) electrons. The van der Waals surface area contributed by atoms with Crippen molar-refractivity contribution in [3.05, 3.63) is 479 Å². The summed E-state index contributed by atoms with van der Waals surface area (Å²) in [7, 11) is 0. The summed E-state index contributed by atoms with van der Waals surface area (Å²) in [6.45, 7) is 28.8. The minimum atomic E-state index is -0.199. The number of fused-ring (bicyclic) bond motifs is 24. The van der Waals surface area contributed by atoms with Crippen molar-refractivity contribution in [3.8, 4) is 156 Å². The van der Waals surface area contributed by atoms with Crippen molar-refractivity contribution in [1.82, 2.24) is 0 Å². The summed E-state index contributed by atoms with van der Waals surface area (Å²) in [5.41, 5.74) is 52.3. The van der Waals surface area contributed by atoms with Gasteiger partial charge in [0.15, 0.2) is 0 Å². The largest absolute Gasteiger partial charge is 0.0619 e. The lowest BCUT2D eigenvalue weighted by molar-refractivity contribution is 0.660. The van der Waals surface area contributed by atoms with E-state index in [-0.39, 0.29) is 32.5 Å². The molecule has 0 N–H and O–H groups in total. The summed E-state index contributed by atoms with van der Waals surface area (Å²) in [5.74, 6) is 0. The Hall–Kier alpha value is -15.6. The zero-order chi connectivity index (χ0) is 93.1. The van der Waals surface area contributed by atoms with Gasteiger partial charge in [-0.25, -0.2) is 0 Å². The van der Waals surface area contributed by atoms with Gasteiger partial charge in [-0.1, -0.05) is 429 Å². The summed E-state index contributed by atoms with van der Waals surface area (Å²) in [5, 5.41) is 15.3. The van der Waals surface area contributed by atoms with Crippen LogP contribution in [0.2, 0.25) is 0 Å². The first kappa shape index (κ1) is 81.9. The smallest absolute Gasteiger partial charge is 0.0159 e. The fraction of sp³-hybridized carbons (Fsp3) is 0.130. The van der Waals surface area contributed by atoms with Crippen LogP contribution in [0.25, 0.3) is 220 Å². The predicted octanol–water partition coefficient (Wildman–Crippen LogP) is 37.5. The van der Waals surface area contributed by atoms with E-state index in [2.05, 4.69) is 496 Å². The van der Waals surface area contributed by atoms with Crippen molar-refractivity contribution in [1.29, 1.82) is 0 Å². The molecule has 0 heterocycles. The number of hydrogen-bond donors (Lipinski definition) is 0. The molecule has 656 valence electrons. The molecule has 0 nitrogen and oxygen atoms in total. The van der Waals surface area contributed by atoms with E-state index in [0.29, 0.717) is 0 Å². The second kappa shape index (κ2) is 29.5. The lowest BCUT2D eigenvalue weighted by Crippen LogP contribution is -2.15. The molecule has 0 aliphatic heterocycles. The van der Waals surface area contributed by atoms with Crippen LogP contribution in [0.15, 0.2) is 413 Å². The number of hydrogen-bond acceptors (Lipinski definition) is 0. The Morgan fingerprint density at radius 1 is 0.109 bits per heavy atom. The maximum Gasteiger partial charge on any atom is 0.0159 e. The first-order valence-corrected chi connectivity index (χ1v) is 49.5. The Morgan fingerprint density at radius 3 is 0.659 bits per heavy atom. The molecule has 0 spiro atoms. The first-order valence-electron chi connectivity index (χ1n) is 49.5. The SMILES string of the molecule is CC1(C)c2ccccc2-c2ccc(-c3ccc4c(-c5ccc6c(c5)C(C)(C)c5cc(-c7ccc8ccccc8c7)ccc5-6)c5ccccc5c(-c5ccc6c(c5)C(C)(C)c5ccccc5-6)c4c3)cc21.CC1(C)c2ccccc2-c2ccc(-c3ccc4c(-c5ccc6c(c5)C(C)(C)c5cc(-c7cccc8ccccc78)ccc5-6)c5ccccc5c(-c5ccc6c(c5)C(C)(C)c5ccccc5-6)c4c3)cc21. The number of rotatable bonds is 8. The molecule has 6 aliphatic carbocycles. The van der Waals surface area contributed by atoms with E-state index in [9.17, 15) is 0 Å². The van der Waals surface area contributed by atoms with E-state index in [1.807, 2.05) is 0 Å². The Morgan fingerprint density at radius 2 is 0.312 bits per heavy atom. The van der Waals surface area contributed by atoms with Crippen molar-refractivity contribution >= 4 is 64.6 Å². The van der Waals surface area contributed by atoms with Gasteiger partial charge < -0.3 is 0 Å². The second-order valence-corrected chi connectivity index (χ2v) is 43.2. The fourth-order valence-corrected chi connectivity index (χ4v) is 26.4. The minimum Gasteiger partial charge on any atom is -0.0619 e. The quantitative estimate of drug-likeness (QED) is 0.133. The van der Waals surface area contributed by atoms with Crippen LogP contribution in [0.1, 0.15) is 150 Å². The fourth-order valence-electron chi connectivity index (χ4n) is 26.4. The van der Waals surface area contributed by atoms with Gasteiger partial charge in [0.1, 0.15) is 0 Å². The van der Waals surface area contributed by atoms with Crippen LogP contribution in [-0.4, -0.2) is 0 Å². The van der Waals surface area contributed by atoms with E-state index < -0.39 is 0 Å². The molecule has 0 amide bonds. The molecule has 0 fully saturated rings. The Bertz CT molecular complexity index is 9120. The van der Waals surface area contributed by atoms with Gasteiger partial charge in [-0.3, -0.25) is 0 Å². The highest BCUT2D eigenvalue weighted by molar-refractivity contribution is 6.24. The molecule has 0 unspecified atom stereocenters. The van der Waals surface area contributed by atoms with Gasteiger partial charge in [0.05, 0.1) is 0 Å². The summed E-state index contributed by atoms with van der Waals surface area (Å²) >= 11 is 0. The van der Waals surface area contributed by atoms with Gasteiger partial charge in [0.25, 0.3) is 0 Å². The Labute approximate surface area is 809 Å². The molecule has 6 aliphatic rings. The van der Waals surface area contributed by atoms with Crippen LogP contribution in [0.4, 0.5) is 0 Å². The lowest BCUT2D eigenvalue weighted by atomic mass is 9.79. The van der Waals surface area contributed by atoms with Crippen molar-refractivity contribution in [2.75, 3.05) is 0 Å². The zero-order valence-corrected chi connectivity index (χ0v) is 80.3. The third kappa shape index (κ3) is 11.8. The summed E-state index contributed by atoms with van der Waals surface area (Å²) in [6.07, 6.45) is 0. The first-order chi connectivity index (χ1) is 66.9. The van der Waals surface area contributed by atoms with E-state index >= 15 is 0 Å². The summed E-state index contributed by atoms with van der Waals surface area (Å²) in [6, 6.07) is 158. The van der Waals surface area contributed by atoms with Gasteiger partial charge in [0, 0.05) is 32.5 Å². The molecule has 0 saturated carbocycles. The standard InChI is InChI=1S/2C69H52/c1-67(2)59-24-13-11-19-49(59)51-31-26-43(37-61(51)67)42-27-35-57-58(36-42)66(46-30-33-52-50-20-12-14-25-60(50)68(3,4)63(52)40-46)56-22-10-9-21-55(56)65(57)45-29-34-54-53-32-28-44(38-62(53)69(5,6)64(54)39-45)48-23-15-17-41-16-7-8-18-47(41)48;1-67(2)59-21-13-11-17-49(59)51-30-26-46(38-61(51)67)44-27-34-57-58(36-44)66(48-29-32-52-50-18-12-14-22-60(50)68(3,4)63(52)40-48)56-20-10-9-19-55(56)65(57)47-28-33-54-53-31-25-45(37-62(53)69(5,6)64(54)39-47)43-24-23-41-15-7-8-16-42(41)35-43/h2*7-40H,1-6H3. The second-order valence-electron chi connectivity index (χ2n) is 43.2. The highest BCUT2D eigenvalue weighted by Gasteiger charge is 2.43. The van der Waals surface area contributed by atoms with Crippen LogP contribution < -0.4 is 0 Å². The molecule has 22 aromatic carbocycles.